The van der Waals surface area contributed by atoms with E-state index in [4.69, 9.17) is 14.2 Å². The minimum atomic E-state index is -0.681. The molecule has 0 unspecified atom stereocenters. The summed E-state index contributed by atoms with van der Waals surface area (Å²) in [6, 6.07) is 18.8. The molecule has 2 heterocycles. The van der Waals surface area contributed by atoms with Crippen LogP contribution in [0.2, 0.25) is 0 Å². The summed E-state index contributed by atoms with van der Waals surface area (Å²) in [7, 11) is 2.97. The van der Waals surface area contributed by atoms with Gasteiger partial charge in [0.2, 0.25) is 11.8 Å². The average molecular weight is 576 g/mol. The van der Waals surface area contributed by atoms with Crippen LogP contribution < -0.4 is 14.8 Å². The van der Waals surface area contributed by atoms with Gasteiger partial charge < -0.3 is 29.3 Å². The molecule has 2 aliphatic rings. The van der Waals surface area contributed by atoms with Gasteiger partial charge in [-0.05, 0) is 60.4 Å². The van der Waals surface area contributed by atoms with Crippen LogP contribution in [0.25, 0.3) is 0 Å². The fourth-order valence-electron chi connectivity index (χ4n) is 5.29. The molecule has 1 N–H and O–H groups in total. The molecule has 2 aliphatic heterocycles. The van der Waals surface area contributed by atoms with Crippen LogP contribution >= 0.6 is 0 Å². The summed E-state index contributed by atoms with van der Waals surface area (Å²) in [5, 5.41) is 2.96. The maximum absolute atomic E-state index is 14.7. The Bertz CT molecular complexity index is 1460. The molecule has 5 rings (SSSR count). The van der Waals surface area contributed by atoms with E-state index in [1.165, 1.54) is 35.1 Å². The maximum atomic E-state index is 14.7. The van der Waals surface area contributed by atoms with Crippen molar-refractivity contribution in [3.8, 4) is 17.2 Å². The van der Waals surface area contributed by atoms with Crippen LogP contribution in [0.5, 0.6) is 17.2 Å². The number of amides is 3. The largest absolute Gasteiger partial charge is 0.496 e. The topological polar surface area (TPSA) is 97.4 Å². The number of likely N-dealkylation sites (N-methyl/N-ethyl adjacent to an activating group) is 1. The maximum Gasteiger partial charge on any atom is 0.260 e. The number of nitrogens with one attached hydrogen (secondary N) is 1. The molecule has 0 saturated carbocycles. The van der Waals surface area contributed by atoms with Crippen LogP contribution in [0, 0.1) is 5.82 Å². The Hall–Kier alpha value is -4.44. The highest BCUT2D eigenvalue weighted by molar-refractivity contribution is 5.97. The molecule has 220 valence electrons. The number of nitrogens with zero attached hydrogens (tertiary/aromatic N) is 2. The monoisotopic (exact) mass is 575 g/mol. The van der Waals surface area contributed by atoms with Crippen LogP contribution in [0.1, 0.15) is 34.3 Å². The first kappa shape index (κ1) is 29.1. The smallest absolute Gasteiger partial charge is 0.260 e. The molecule has 9 nitrogen and oxygen atoms in total. The SMILES string of the molecule is COc1cccc(F)c1C(=O)N1CC[C@H]2OCc3cccc(c3)Oc3cccc(c3)CCC(=O)N(C)CC(=O)N[C@H]2C1. The normalized spacial score (nSPS) is 20.0. The Labute approximate surface area is 244 Å². The number of aryl methyl sites for hydroxylation is 1. The highest BCUT2D eigenvalue weighted by Gasteiger charge is 2.35. The molecule has 4 bridgehead atoms. The molecular formula is C32H34FN3O6. The fraction of sp³-hybridized carbons (Fsp3) is 0.344. The van der Waals surface area contributed by atoms with Crippen molar-refractivity contribution in [2.24, 2.45) is 0 Å². The number of rotatable bonds is 2. The molecule has 1 saturated heterocycles. The molecule has 10 heteroatoms. The van der Waals surface area contributed by atoms with Crippen molar-refractivity contribution in [1.29, 1.82) is 0 Å². The van der Waals surface area contributed by atoms with Crippen molar-refractivity contribution in [2.45, 2.75) is 38.0 Å². The molecule has 42 heavy (non-hydrogen) atoms. The van der Waals surface area contributed by atoms with Gasteiger partial charge in [0.15, 0.2) is 0 Å². The van der Waals surface area contributed by atoms with Gasteiger partial charge in [0, 0.05) is 26.6 Å². The number of carbonyl (C=O) groups is 3. The molecule has 0 aliphatic carbocycles. The summed E-state index contributed by atoms with van der Waals surface area (Å²) in [6.07, 6.45) is 0.703. The number of piperidine rings is 1. The van der Waals surface area contributed by atoms with Gasteiger partial charge in [-0.25, -0.2) is 4.39 Å². The lowest BCUT2D eigenvalue weighted by Gasteiger charge is -2.39. The van der Waals surface area contributed by atoms with E-state index in [9.17, 15) is 18.8 Å². The standard InChI is InChI=1S/C32H34FN3O6/c1-35-19-29(37)34-26-18-36(32(39)31-25(33)10-5-11-28(31)40-2)15-14-27(26)41-20-22-7-4-9-24(17-22)42-23-8-3-6-21(16-23)12-13-30(35)38/h3-11,16-17,26-27H,12-15,18-20H2,1-2H3,(H,34,37)/t26-,27+/m0/s1. The summed E-state index contributed by atoms with van der Waals surface area (Å²) in [5.41, 5.74) is 1.67. The van der Waals surface area contributed by atoms with Crippen molar-refractivity contribution in [3.05, 3.63) is 89.2 Å². The second kappa shape index (κ2) is 13.0. The van der Waals surface area contributed by atoms with Crippen LogP contribution in [0.4, 0.5) is 4.39 Å². The van der Waals surface area contributed by atoms with Crippen LogP contribution in [-0.4, -0.2) is 73.5 Å². The van der Waals surface area contributed by atoms with Gasteiger partial charge in [0.05, 0.1) is 32.4 Å². The zero-order valence-corrected chi connectivity index (χ0v) is 23.7. The number of ether oxygens (including phenoxy) is 3. The van der Waals surface area contributed by atoms with Crippen molar-refractivity contribution >= 4 is 17.7 Å². The third kappa shape index (κ3) is 6.88. The van der Waals surface area contributed by atoms with E-state index in [-0.39, 0.29) is 49.2 Å². The number of halogens is 1. The van der Waals surface area contributed by atoms with E-state index >= 15 is 0 Å². The summed E-state index contributed by atoms with van der Waals surface area (Å²) < 4.78 is 32.3. The van der Waals surface area contributed by atoms with Gasteiger partial charge in [0.25, 0.3) is 5.91 Å². The van der Waals surface area contributed by atoms with E-state index in [1.54, 1.807) is 7.05 Å². The van der Waals surface area contributed by atoms with E-state index in [1.807, 2.05) is 48.5 Å². The average Bonchev–Trinajstić information content (AvgIpc) is 2.98. The fourth-order valence-corrected chi connectivity index (χ4v) is 5.29. The Morgan fingerprint density at radius 2 is 1.71 bits per heavy atom. The Balaban J connectivity index is 1.39. The lowest BCUT2D eigenvalue weighted by atomic mass is 10.00. The molecule has 0 radical (unpaired) electrons. The highest BCUT2D eigenvalue weighted by Crippen LogP contribution is 2.27. The number of hydrogen-bond donors (Lipinski definition) is 1. The lowest BCUT2D eigenvalue weighted by Crippen LogP contribution is -2.58. The molecule has 3 aromatic carbocycles. The Kier molecular flexibility index (Phi) is 9.02. The number of methoxy groups -OCH3 is 1. The molecule has 0 spiro atoms. The van der Waals surface area contributed by atoms with Gasteiger partial charge in [-0.1, -0.05) is 30.3 Å². The minimum Gasteiger partial charge on any atom is -0.496 e. The lowest BCUT2D eigenvalue weighted by molar-refractivity contribution is -0.135. The summed E-state index contributed by atoms with van der Waals surface area (Å²) in [4.78, 5) is 42.2. The van der Waals surface area contributed by atoms with E-state index < -0.39 is 23.9 Å². The minimum absolute atomic E-state index is 0.0994. The first-order valence-electron chi connectivity index (χ1n) is 13.9. The van der Waals surface area contributed by atoms with Gasteiger partial charge >= 0.3 is 0 Å². The first-order valence-corrected chi connectivity index (χ1v) is 13.9. The number of hydrogen-bond acceptors (Lipinski definition) is 6. The van der Waals surface area contributed by atoms with Crippen LogP contribution in [0.15, 0.2) is 66.7 Å². The quantitative estimate of drug-likeness (QED) is 0.497. The van der Waals surface area contributed by atoms with Crippen molar-refractivity contribution in [1.82, 2.24) is 15.1 Å². The number of carbonyl (C=O) groups excluding carboxylic acids is 3. The van der Waals surface area contributed by atoms with Gasteiger partial charge in [-0.2, -0.15) is 0 Å². The van der Waals surface area contributed by atoms with Crippen molar-refractivity contribution in [3.63, 3.8) is 0 Å². The highest BCUT2D eigenvalue weighted by atomic mass is 19.1. The van der Waals surface area contributed by atoms with Crippen LogP contribution in [0.3, 0.4) is 0 Å². The Morgan fingerprint density at radius 3 is 2.48 bits per heavy atom. The second-order valence-corrected chi connectivity index (χ2v) is 10.5. The number of fused-ring (bicyclic) bond motifs is 5. The summed E-state index contributed by atoms with van der Waals surface area (Å²) in [6.45, 7) is 0.498. The van der Waals surface area contributed by atoms with E-state index in [0.717, 1.165) is 11.1 Å². The molecule has 2 atom stereocenters. The third-order valence-corrected chi connectivity index (χ3v) is 7.52. The summed E-state index contributed by atoms with van der Waals surface area (Å²) in [5.74, 6) is -0.312. The van der Waals surface area contributed by atoms with E-state index in [0.29, 0.717) is 30.9 Å². The predicted molar refractivity (Wildman–Crippen MR) is 153 cm³/mol. The van der Waals surface area contributed by atoms with E-state index in [2.05, 4.69) is 5.32 Å². The Morgan fingerprint density at radius 1 is 1.00 bits per heavy atom. The van der Waals surface area contributed by atoms with Gasteiger partial charge in [-0.3, -0.25) is 14.4 Å². The molecule has 0 aromatic heterocycles. The first-order chi connectivity index (χ1) is 20.3. The van der Waals surface area contributed by atoms with Crippen molar-refractivity contribution in [2.75, 3.05) is 33.8 Å². The molecule has 1 fully saturated rings. The third-order valence-electron chi connectivity index (χ3n) is 7.52. The van der Waals surface area contributed by atoms with Gasteiger partial charge in [0.1, 0.15) is 28.6 Å². The predicted octanol–water partition coefficient (Wildman–Crippen LogP) is 3.95. The van der Waals surface area contributed by atoms with Gasteiger partial charge in [-0.15, -0.1) is 0 Å². The molecule has 3 aromatic rings. The van der Waals surface area contributed by atoms with Crippen LogP contribution in [-0.2, 0) is 27.4 Å². The zero-order chi connectivity index (χ0) is 29.6. The molecule has 3 amide bonds. The van der Waals surface area contributed by atoms with Crippen molar-refractivity contribution < 1.29 is 33.0 Å². The second-order valence-electron chi connectivity index (χ2n) is 10.5. The number of benzene rings is 3. The zero-order valence-electron chi connectivity index (χ0n) is 23.7. The summed E-state index contributed by atoms with van der Waals surface area (Å²) >= 11 is 0. The number of likely N-dealkylation sites (tertiary alicyclic amines) is 1. The molecular weight excluding hydrogens is 541 g/mol.